The standard InChI is InChI=1S/C9H8N4O3/c1-5(14)7-3-6(8(15)16-2)12-9-10-4-11-13(7)9/h3-4H,1-2H3. The molecule has 0 N–H and O–H groups in total. The molecular weight excluding hydrogens is 212 g/mol. The van der Waals surface area contributed by atoms with Gasteiger partial charge in [-0.2, -0.15) is 14.6 Å². The molecule has 16 heavy (non-hydrogen) atoms. The highest BCUT2D eigenvalue weighted by Crippen LogP contribution is 2.07. The van der Waals surface area contributed by atoms with Crippen LogP contribution in [0.4, 0.5) is 0 Å². The van der Waals surface area contributed by atoms with Crippen molar-refractivity contribution in [2.24, 2.45) is 0 Å². The Kier molecular flexibility index (Phi) is 2.35. The maximum Gasteiger partial charge on any atom is 0.356 e. The van der Waals surface area contributed by atoms with Crippen LogP contribution in [-0.4, -0.2) is 38.4 Å². The van der Waals surface area contributed by atoms with Crippen LogP contribution in [0.3, 0.4) is 0 Å². The molecule has 0 bridgehead atoms. The van der Waals surface area contributed by atoms with Gasteiger partial charge in [-0.1, -0.05) is 0 Å². The summed E-state index contributed by atoms with van der Waals surface area (Å²) in [5.74, 6) is -0.663. The molecule has 7 heteroatoms. The Bertz CT molecular complexity index is 575. The maximum absolute atomic E-state index is 11.4. The number of Topliss-reactive ketones (excluding diaryl/α,β-unsaturated/α-hetero) is 1. The molecule has 2 rings (SSSR count). The van der Waals surface area contributed by atoms with Crippen LogP contribution in [0, 0.1) is 0 Å². The van der Waals surface area contributed by atoms with Crippen molar-refractivity contribution in [1.29, 1.82) is 0 Å². The lowest BCUT2D eigenvalue weighted by molar-refractivity contribution is 0.0594. The molecule has 2 heterocycles. The first kappa shape index (κ1) is 10.2. The molecular formula is C9H8N4O3. The number of fused-ring (bicyclic) bond motifs is 1. The normalized spacial score (nSPS) is 10.4. The molecule has 82 valence electrons. The maximum atomic E-state index is 11.4. The Morgan fingerprint density at radius 1 is 1.44 bits per heavy atom. The fraction of sp³-hybridized carbons (Fsp3) is 0.222. The van der Waals surface area contributed by atoms with E-state index in [0.29, 0.717) is 0 Å². The summed E-state index contributed by atoms with van der Waals surface area (Å²) in [5, 5.41) is 3.84. The third-order valence-corrected chi connectivity index (χ3v) is 2.01. The average Bonchev–Trinajstić information content (AvgIpc) is 2.74. The van der Waals surface area contributed by atoms with Gasteiger partial charge in [-0.05, 0) is 0 Å². The highest BCUT2D eigenvalue weighted by molar-refractivity contribution is 5.96. The number of aromatic nitrogens is 4. The highest BCUT2D eigenvalue weighted by atomic mass is 16.5. The van der Waals surface area contributed by atoms with Crippen LogP contribution in [0.25, 0.3) is 5.78 Å². The van der Waals surface area contributed by atoms with Crippen LogP contribution in [0.1, 0.15) is 27.9 Å². The van der Waals surface area contributed by atoms with E-state index in [1.165, 1.54) is 30.9 Å². The topological polar surface area (TPSA) is 86.5 Å². The van der Waals surface area contributed by atoms with Crippen molar-refractivity contribution in [3.63, 3.8) is 0 Å². The van der Waals surface area contributed by atoms with E-state index < -0.39 is 5.97 Å². The molecule has 0 amide bonds. The Balaban J connectivity index is 2.71. The summed E-state index contributed by atoms with van der Waals surface area (Å²) in [4.78, 5) is 30.4. The second-order valence-corrected chi connectivity index (χ2v) is 3.05. The molecule has 0 aromatic carbocycles. The molecule has 2 aromatic heterocycles. The summed E-state index contributed by atoms with van der Waals surface area (Å²) in [7, 11) is 1.24. The van der Waals surface area contributed by atoms with E-state index in [0.717, 1.165) is 0 Å². The smallest absolute Gasteiger partial charge is 0.356 e. The molecule has 2 aromatic rings. The molecule has 0 saturated carbocycles. The van der Waals surface area contributed by atoms with Gasteiger partial charge in [0.2, 0.25) is 0 Å². The molecule has 0 saturated heterocycles. The second kappa shape index (κ2) is 3.69. The minimum atomic E-state index is -0.618. The summed E-state index contributed by atoms with van der Waals surface area (Å²) in [5.41, 5.74) is 0.274. The number of carbonyl (C=O) groups is 2. The van der Waals surface area contributed by atoms with Crippen LogP contribution in [0.15, 0.2) is 12.4 Å². The summed E-state index contributed by atoms with van der Waals surface area (Å²) in [6, 6.07) is 1.33. The van der Waals surface area contributed by atoms with Crippen molar-refractivity contribution in [2.45, 2.75) is 6.92 Å². The summed E-state index contributed by atoms with van der Waals surface area (Å²) in [6.07, 6.45) is 1.26. The first-order valence-corrected chi connectivity index (χ1v) is 4.43. The van der Waals surface area contributed by atoms with Crippen LogP contribution in [0.2, 0.25) is 0 Å². The summed E-state index contributed by atoms with van der Waals surface area (Å²) >= 11 is 0. The van der Waals surface area contributed by atoms with E-state index in [2.05, 4.69) is 19.8 Å². The Morgan fingerprint density at radius 3 is 2.81 bits per heavy atom. The zero-order valence-corrected chi connectivity index (χ0v) is 8.67. The van der Waals surface area contributed by atoms with Crippen LogP contribution in [-0.2, 0) is 4.74 Å². The fourth-order valence-corrected chi connectivity index (χ4v) is 1.27. The molecule has 0 radical (unpaired) electrons. The Hall–Kier alpha value is -2.31. The lowest BCUT2D eigenvalue weighted by Gasteiger charge is -2.02. The van der Waals surface area contributed by atoms with Crippen LogP contribution < -0.4 is 0 Å². The minimum Gasteiger partial charge on any atom is -0.464 e. The van der Waals surface area contributed by atoms with E-state index in [9.17, 15) is 9.59 Å². The molecule has 0 spiro atoms. The third-order valence-electron chi connectivity index (χ3n) is 2.01. The van der Waals surface area contributed by atoms with Gasteiger partial charge in [0.15, 0.2) is 11.5 Å². The van der Waals surface area contributed by atoms with E-state index in [1.54, 1.807) is 0 Å². The van der Waals surface area contributed by atoms with Crippen molar-refractivity contribution in [1.82, 2.24) is 19.6 Å². The number of carbonyl (C=O) groups excluding carboxylic acids is 2. The zero-order chi connectivity index (χ0) is 11.7. The van der Waals surface area contributed by atoms with Gasteiger partial charge < -0.3 is 4.74 Å². The van der Waals surface area contributed by atoms with E-state index in [4.69, 9.17) is 0 Å². The van der Waals surface area contributed by atoms with Crippen molar-refractivity contribution in [3.05, 3.63) is 23.8 Å². The van der Waals surface area contributed by atoms with Crippen molar-refractivity contribution in [2.75, 3.05) is 7.11 Å². The van der Waals surface area contributed by atoms with Gasteiger partial charge in [-0.25, -0.2) is 9.78 Å². The lowest BCUT2D eigenvalue weighted by atomic mass is 10.2. The van der Waals surface area contributed by atoms with Gasteiger partial charge >= 0.3 is 5.97 Å². The quantitative estimate of drug-likeness (QED) is 0.527. The number of methoxy groups -OCH3 is 1. The van der Waals surface area contributed by atoms with Gasteiger partial charge in [0.1, 0.15) is 12.0 Å². The molecule has 0 atom stereocenters. The fourth-order valence-electron chi connectivity index (χ4n) is 1.27. The number of rotatable bonds is 2. The van der Waals surface area contributed by atoms with Gasteiger partial charge in [0.25, 0.3) is 5.78 Å². The van der Waals surface area contributed by atoms with Gasteiger partial charge in [0.05, 0.1) is 7.11 Å². The molecule has 0 unspecified atom stereocenters. The number of ether oxygens (including phenoxy) is 1. The number of hydrogen-bond acceptors (Lipinski definition) is 6. The van der Waals surface area contributed by atoms with Crippen LogP contribution >= 0.6 is 0 Å². The first-order valence-electron chi connectivity index (χ1n) is 4.43. The predicted octanol–water partition coefficient (Wildman–Crippen LogP) is 0.113. The van der Waals surface area contributed by atoms with Crippen molar-refractivity contribution >= 4 is 17.5 Å². The van der Waals surface area contributed by atoms with Gasteiger partial charge in [-0.3, -0.25) is 4.79 Å². The largest absolute Gasteiger partial charge is 0.464 e. The monoisotopic (exact) mass is 220 g/mol. The number of ketones is 1. The molecule has 7 nitrogen and oxygen atoms in total. The predicted molar refractivity (Wildman–Crippen MR) is 52.1 cm³/mol. The van der Waals surface area contributed by atoms with Crippen LogP contribution in [0.5, 0.6) is 0 Å². The molecule has 0 aliphatic rings. The minimum absolute atomic E-state index is 0.0354. The number of hydrogen-bond donors (Lipinski definition) is 0. The molecule has 0 fully saturated rings. The lowest BCUT2D eigenvalue weighted by Crippen LogP contribution is -2.12. The Labute approximate surface area is 90.1 Å². The second-order valence-electron chi connectivity index (χ2n) is 3.05. The molecule has 0 aliphatic heterocycles. The zero-order valence-electron chi connectivity index (χ0n) is 8.67. The molecule has 0 aliphatic carbocycles. The highest BCUT2D eigenvalue weighted by Gasteiger charge is 2.15. The SMILES string of the molecule is COC(=O)c1cc(C(C)=O)n2ncnc2n1. The average molecular weight is 220 g/mol. The van der Waals surface area contributed by atoms with Gasteiger partial charge in [0, 0.05) is 13.0 Å². The third kappa shape index (κ3) is 1.52. The van der Waals surface area contributed by atoms with E-state index in [-0.39, 0.29) is 22.9 Å². The number of nitrogens with zero attached hydrogens (tertiary/aromatic N) is 4. The summed E-state index contributed by atoms with van der Waals surface area (Å²) < 4.78 is 5.80. The Morgan fingerprint density at radius 2 is 2.19 bits per heavy atom. The van der Waals surface area contributed by atoms with E-state index >= 15 is 0 Å². The summed E-state index contributed by atoms with van der Waals surface area (Å²) in [6.45, 7) is 1.37. The first-order chi connectivity index (χ1) is 7.63. The number of esters is 1. The van der Waals surface area contributed by atoms with Gasteiger partial charge in [-0.15, -0.1) is 0 Å². The van der Waals surface area contributed by atoms with Crippen molar-refractivity contribution < 1.29 is 14.3 Å². The van der Waals surface area contributed by atoms with E-state index in [1.807, 2.05) is 0 Å². The van der Waals surface area contributed by atoms with Crippen molar-refractivity contribution in [3.8, 4) is 0 Å².